The second kappa shape index (κ2) is 10.9. The van der Waals surface area contributed by atoms with Gasteiger partial charge in [-0.25, -0.2) is 0 Å². The van der Waals surface area contributed by atoms with Crippen LogP contribution in [-0.4, -0.2) is 67.0 Å². The van der Waals surface area contributed by atoms with E-state index in [0.717, 1.165) is 50.5 Å². The summed E-state index contributed by atoms with van der Waals surface area (Å²) in [6.07, 6.45) is 0. The minimum absolute atomic E-state index is 0.0737. The molecule has 1 fully saturated rings. The standard InChI is InChI=1S/C26H30N4O5/c1-2-29-9-11-30(12-10-29)15-19-3-6-21(7-4-19)27-26(31)17-32-16-22-14-24(35-28-22)20-5-8-23-25(13-20)34-18-33-23/h3-8,13-14H,2,9-12,15-18H2,1H3,(H,27,31). The summed E-state index contributed by atoms with van der Waals surface area (Å²) in [6.45, 7) is 9.00. The van der Waals surface area contributed by atoms with Gasteiger partial charge in [0.2, 0.25) is 12.7 Å². The molecule has 0 radical (unpaired) electrons. The number of nitrogens with one attached hydrogen (secondary N) is 1. The van der Waals surface area contributed by atoms with Crippen molar-refractivity contribution in [3.63, 3.8) is 0 Å². The van der Waals surface area contributed by atoms with Crippen LogP contribution in [0.5, 0.6) is 11.5 Å². The maximum atomic E-state index is 12.3. The lowest BCUT2D eigenvalue weighted by molar-refractivity contribution is -0.121. The molecule has 1 amide bonds. The Labute approximate surface area is 204 Å². The van der Waals surface area contributed by atoms with Crippen LogP contribution in [-0.2, 0) is 22.7 Å². The highest BCUT2D eigenvalue weighted by molar-refractivity contribution is 5.91. The molecule has 9 nitrogen and oxygen atoms in total. The minimum atomic E-state index is -0.215. The predicted molar refractivity (Wildman–Crippen MR) is 130 cm³/mol. The van der Waals surface area contributed by atoms with Gasteiger partial charge in [0.15, 0.2) is 17.3 Å². The SMILES string of the molecule is CCN1CCN(Cc2ccc(NC(=O)COCc3cc(-c4ccc5c(c4)OCO5)on3)cc2)CC1. The lowest BCUT2D eigenvalue weighted by Gasteiger charge is -2.34. The summed E-state index contributed by atoms with van der Waals surface area (Å²) < 4.78 is 21.7. The first-order valence-corrected chi connectivity index (χ1v) is 11.9. The lowest BCUT2D eigenvalue weighted by Crippen LogP contribution is -2.45. The Morgan fingerprint density at radius 3 is 2.57 bits per heavy atom. The molecule has 0 spiro atoms. The lowest BCUT2D eigenvalue weighted by atomic mass is 10.1. The summed E-state index contributed by atoms with van der Waals surface area (Å²) in [6, 6.07) is 15.3. The van der Waals surface area contributed by atoms with Crippen LogP contribution < -0.4 is 14.8 Å². The average molecular weight is 479 g/mol. The van der Waals surface area contributed by atoms with Gasteiger partial charge in [0.1, 0.15) is 12.3 Å². The molecule has 35 heavy (non-hydrogen) atoms. The van der Waals surface area contributed by atoms with Crippen molar-refractivity contribution in [2.45, 2.75) is 20.1 Å². The molecule has 2 aliphatic rings. The van der Waals surface area contributed by atoms with E-state index >= 15 is 0 Å². The van der Waals surface area contributed by atoms with Crippen molar-refractivity contribution in [2.75, 3.05) is 51.4 Å². The highest BCUT2D eigenvalue weighted by atomic mass is 16.7. The fourth-order valence-corrected chi connectivity index (χ4v) is 4.23. The van der Waals surface area contributed by atoms with Gasteiger partial charge < -0.3 is 29.0 Å². The van der Waals surface area contributed by atoms with Crippen LogP contribution in [0.4, 0.5) is 5.69 Å². The molecule has 2 aliphatic heterocycles. The van der Waals surface area contributed by atoms with E-state index in [1.54, 1.807) is 6.07 Å². The second-order valence-corrected chi connectivity index (χ2v) is 8.70. The molecule has 0 saturated carbocycles. The third-order valence-electron chi connectivity index (χ3n) is 6.26. The molecule has 5 rings (SSSR count). The molecule has 0 atom stereocenters. The summed E-state index contributed by atoms with van der Waals surface area (Å²) in [5.74, 6) is 1.77. The molecule has 0 bridgehead atoms. The van der Waals surface area contributed by atoms with Crippen LogP contribution in [0.1, 0.15) is 18.2 Å². The first-order chi connectivity index (χ1) is 17.2. The highest BCUT2D eigenvalue weighted by Crippen LogP contribution is 2.36. The molecule has 0 aliphatic carbocycles. The van der Waals surface area contributed by atoms with E-state index in [0.29, 0.717) is 23.0 Å². The van der Waals surface area contributed by atoms with E-state index in [1.165, 1.54) is 5.56 Å². The van der Waals surface area contributed by atoms with Gasteiger partial charge in [0, 0.05) is 50.0 Å². The normalized spacial score (nSPS) is 15.9. The molecule has 184 valence electrons. The Morgan fingerprint density at radius 2 is 1.77 bits per heavy atom. The number of anilines is 1. The van der Waals surface area contributed by atoms with E-state index in [4.69, 9.17) is 18.7 Å². The van der Waals surface area contributed by atoms with Gasteiger partial charge in [-0.2, -0.15) is 0 Å². The maximum absolute atomic E-state index is 12.3. The largest absolute Gasteiger partial charge is 0.454 e. The average Bonchev–Trinajstić information content (AvgIpc) is 3.55. The van der Waals surface area contributed by atoms with Gasteiger partial charge in [-0.3, -0.25) is 9.69 Å². The van der Waals surface area contributed by atoms with Gasteiger partial charge in [-0.1, -0.05) is 24.2 Å². The van der Waals surface area contributed by atoms with Crippen molar-refractivity contribution in [3.8, 4) is 22.8 Å². The first-order valence-electron chi connectivity index (χ1n) is 11.9. The molecule has 1 saturated heterocycles. The quantitative estimate of drug-likeness (QED) is 0.501. The summed E-state index contributed by atoms with van der Waals surface area (Å²) in [5, 5.41) is 6.90. The Kier molecular flexibility index (Phi) is 7.27. The van der Waals surface area contributed by atoms with Gasteiger partial charge in [0.25, 0.3) is 0 Å². The monoisotopic (exact) mass is 478 g/mol. The van der Waals surface area contributed by atoms with Crippen molar-refractivity contribution < 1.29 is 23.5 Å². The number of amides is 1. The Balaban J connectivity index is 1.05. The Morgan fingerprint density at radius 1 is 1.00 bits per heavy atom. The molecular formula is C26H30N4O5. The number of carbonyl (C=O) groups is 1. The number of hydrogen-bond acceptors (Lipinski definition) is 8. The number of likely N-dealkylation sites (N-methyl/N-ethyl adjacent to an activating group) is 1. The van der Waals surface area contributed by atoms with Crippen molar-refractivity contribution in [1.82, 2.24) is 15.0 Å². The van der Waals surface area contributed by atoms with E-state index in [9.17, 15) is 4.79 Å². The number of rotatable bonds is 9. The van der Waals surface area contributed by atoms with Gasteiger partial charge >= 0.3 is 0 Å². The zero-order chi connectivity index (χ0) is 24.0. The fourth-order valence-electron chi connectivity index (χ4n) is 4.23. The molecule has 2 aromatic carbocycles. The number of fused-ring (bicyclic) bond motifs is 1. The minimum Gasteiger partial charge on any atom is -0.454 e. The van der Waals surface area contributed by atoms with Gasteiger partial charge in [-0.05, 0) is 42.4 Å². The summed E-state index contributed by atoms with van der Waals surface area (Å²) in [5.41, 5.74) is 3.44. The van der Waals surface area contributed by atoms with Crippen LogP contribution in [0.15, 0.2) is 53.1 Å². The van der Waals surface area contributed by atoms with Crippen LogP contribution in [0.3, 0.4) is 0 Å². The predicted octanol–water partition coefficient (Wildman–Crippen LogP) is 3.36. The number of carbonyl (C=O) groups excluding carboxylic acids is 1. The van der Waals surface area contributed by atoms with Crippen molar-refractivity contribution in [2.24, 2.45) is 0 Å². The van der Waals surface area contributed by atoms with Crippen LogP contribution in [0.25, 0.3) is 11.3 Å². The van der Waals surface area contributed by atoms with E-state index in [1.807, 2.05) is 30.3 Å². The van der Waals surface area contributed by atoms with E-state index in [2.05, 4.69) is 39.3 Å². The van der Waals surface area contributed by atoms with Crippen molar-refractivity contribution in [1.29, 1.82) is 0 Å². The van der Waals surface area contributed by atoms with Crippen LogP contribution >= 0.6 is 0 Å². The number of ether oxygens (including phenoxy) is 3. The Bertz CT molecular complexity index is 1140. The third kappa shape index (κ3) is 6.00. The van der Waals surface area contributed by atoms with Crippen molar-refractivity contribution >= 4 is 11.6 Å². The van der Waals surface area contributed by atoms with Gasteiger partial charge in [-0.15, -0.1) is 0 Å². The molecule has 3 aromatic rings. The number of piperazine rings is 1. The van der Waals surface area contributed by atoms with E-state index in [-0.39, 0.29) is 25.9 Å². The molecule has 1 aromatic heterocycles. The topological polar surface area (TPSA) is 89.3 Å². The second-order valence-electron chi connectivity index (χ2n) is 8.70. The third-order valence-corrected chi connectivity index (χ3v) is 6.26. The number of hydrogen-bond donors (Lipinski definition) is 1. The number of aromatic nitrogens is 1. The summed E-state index contributed by atoms with van der Waals surface area (Å²) in [4.78, 5) is 17.2. The van der Waals surface area contributed by atoms with Crippen LogP contribution in [0, 0.1) is 0 Å². The molecule has 1 N–H and O–H groups in total. The summed E-state index contributed by atoms with van der Waals surface area (Å²) in [7, 11) is 0. The van der Waals surface area contributed by atoms with Crippen molar-refractivity contribution in [3.05, 3.63) is 59.8 Å². The maximum Gasteiger partial charge on any atom is 0.250 e. The van der Waals surface area contributed by atoms with E-state index < -0.39 is 0 Å². The van der Waals surface area contributed by atoms with Gasteiger partial charge in [0.05, 0.1) is 6.61 Å². The first kappa shape index (κ1) is 23.3. The molecule has 3 heterocycles. The molecular weight excluding hydrogens is 448 g/mol. The molecule has 0 unspecified atom stereocenters. The number of benzene rings is 2. The smallest absolute Gasteiger partial charge is 0.250 e. The highest BCUT2D eigenvalue weighted by Gasteiger charge is 2.17. The molecule has 9 heteroatoms. The zero-order valence-corrected chi connectivity index (χ0v) is 19.9. The number of nitrogens with zero attached hydrogens (tertiary/aromatic N) is 3. The summed E-state index contributed by atoms with van der Waals surface area (Å²) >= 11 is 0. The fraction of sp³-hybridized carbons (Fsp3) is 0.385. The zero-order valence-electron chi connectivity index (χ0n) is 19.9. The Hall–Kier alpha value is -3.40. The van der Waals surface area contributed by atoms with Crippen LogP contribution in [0.2, 0.25) is 0 Å².